The normalized spacial score (nSPS) is 12.4. The van der Waals surface area contributed by atoms with Crippen LogP contribution in [-0.4, -0.2) is 12.1 Å². The average molecular weight is 282 g/mol. The van der Waals surface area contributed by atoms with E-state index in [1.165, 1.54) is 16.8 Å². The van der Waals surface area contributed by atoms with Gasteiger partial charge in [-0.25, -0.2) is 0 Å². The number of nitrogens with zero attached hydrogens (tertiary/aromatic N) is 1. The molecule has 2 aromatic carbocycles. The Morgan fingerprint density at radius 2 is 1.52 bits per heavy atom. The molecule has 2 aromatic rings. The number of anilines is 1. The molecular formula is C19H26N2. The summed E-state index contributed by atoms with van der Waals surface area (Å²) >= 11 is 0. The Labute approximate surface area is 128 Å². The van der Waals surface area contributed by atoms with Crippen LogP contribution in [0.4, 0.5) is 5.69 Å². The van der Waals surface area contributed by atoms with E-state index in [1.54, 1.807) is 0 Å². The van der Waals surface area contributed by atoms with Gasteiger partial charge in [0.2, 0.25) is 0 Å². The molecule has 0 amide bonds. The predicted octanol–water partition coefficient (Wildman–Crippen LogP) is 3.99. The van der Waals surface area contributed by atoms with Gasteiger partial charge in [-0.2, -0.15) is 0 Å². The number of rotatable bonds is 6. The zero-order valence-electron chi connectivity index (χ0n) is 13.3. The molecule has 0 heterocycles. The van der Waals surface area contributed by atoms with Gasteiger partial charge in [-0.15, -0.1) is 0 Å². The lowest BCUT2D eigenvalue weighted by molar-refractivity contribution is 0.670. The molecule has 2 rings (SSSR count). The van der Waals surface area contributed by atoms with E-state index in [0.717, 1.165) is 13.0 Å². The Kier molecular flexibility index (Phi) is 5.40. The summed E-state index contributed by atoms with van der Waals surface area (Å²) in [4.78, 5) is 2.45. The Morgan fingerprint density at radius 1 is 0.905 bits per heavy atom. The highest BCUT2D eigenvalue weighted by molar-refractivity contribution is 5.55. The zero-order valence-corrected chi connectivity index (χ0v) is 13.3. The van der Waals surface area contributed by atoms with Crippen molar-refractivity contribution in [2.45, 2.75) is 45.8 Å². The molecular weight excluding hydrogens is 256 g/mol. The summed E-state index contributed by atoms with van der Waals surface area (Å²) in [5, 5.41) is 0. The maximum Gasteiger partial charge on any atom is 0.0432 e. The lowest BCUT2D eigenvalue weighted by Crippen LogP contribution is -2.31. The van der Waals surface area contributed by atoms with Crippen molar-refractivity contribution in [1.29, 1.82) is 0 Å². The molecule has 0 spiro atoms. The van der Waals surface area contributed by atoms with Crippen LogP contribution in [0.15, 0.2) is 54.6 Å². The number of hydrogen-bond donors (Lipinski definition) is 1. The maximum atomic E-state index is 6.00. The van der Waals surface area contributed by atoms with Crippen LogP contribution in [0.1, 0.15) is 31.9 Å². The summed E-state index contributed by atoms with van der Waals surface area (Å²) in [6.45, 7) is 7.47. The van der Waals surface area contributed by atoms with Crippen LogP contribution in [0.3, 0.4) is 0 Å². The van der Waals surface area contributed by atoms with Crippen LogP contribution in [0.5, 0.6) is 0 Å². The van der Waals surface area contributed by atoms with Gasteiger partial charge >= 0.3 is 0 Å². The molecule has 21 heavy (non-hydrogen) atoms. The maximum absolute atomic E-state index is 6.00. The molecule has 0 aliphatic heterocycles. The SMILES string of the molecule is CC(N)Cc1ccccc1N(Cc1ccccc1)C(C)C. The van der Waals surface area contributed by atoms with E-state index in [0.29, 0.717) is 6.04 Å². The molecule has 0 saturated heterocycles. The highest BCUT2D eigenvalue weighted by atomic mass is 15.2. The first-order chi connectivity index (χ1) is 10.1. The van der Waals surface area contributed by atoms with Crippen LogP contribution in [0, 0.1) is 0 Å². The first-order valence-corrected chi connectivity index (χ1v) is 7.72. The Hall–Kier alpha value is -1.80. The Bertz CT molecular complexity index is 547. The molecule has 112 valence electrons. The molecule has 0 aliphatic rings. The molecule has 1 unspecified atom stereocenters. The number of nitrogens with two attached hydrogens (primary N) is 1. The standard InChI is InChI=1S/C19H26N2/c1-15(2)21(14-17-9-5-4-6-10-17)19-12-8-7-11-18(19)13-16(3)20/h4-12,15-16H,13-14,20H2,1-3H3. The highest BCUT2D eigenvalue weighted by Crippen LogP contribution is 2.25. The van der Waals surface area contributed by atoms with Gasteiger partial charge in [-0.05, 0) is 44.4 Å². The zero-order chi connectivity index (χ0) is 15.2. The smallest absolute Gasteiger partial charge is 0.0432 e. The minimum absolute atomic E-state index is 0.178. The van der Waals surface area contributed by atoms with E-state index in [2.05, 4.69) is 80.3 Å². The molecule has 0 saturated carbocycles. The lowest BCUT2D eigenvalue weighted by atomic mass is 10.0. The van der Waals surface area contributed by atoms with Crippen molar-refractivity contribution >= 4 is 5.69 Å². The minimum Gasteiger partial charge on any atom is -0.365 e. The van der Waals surface area contributed by atoms with E-state index < -0.39 is 0 Å². The van der Waals surface area contributed by atoms with Crippen LogP contribution in [0.25, 0.3) is 0 Å². The minimum atomic E-state index is 0.178. The van der Waals surface area contributed by atoms with Crippen molar-refractivity contribution in [3.05, 3.63) is 65.7 Å². The van der Waals surface area contributed by atoms with Crippen molar-refractivity contribution in [3.63, 3.8) is 0 Å². The molecule has 0 bridgehead atoms. The molecule has 2 N–H and O–H groups in total. The van der Waals surface area contributed by atoms with Gasteiger partial charge in [-0.1, -0.05) is 48.5 Å². The third kappa shape index (κ3) is 4.33. The molecule has 2 nitrogen and oxygen atoms in total. The van der Waals surface area contributed by atoms with Crippen molar-refractivity contribution < 1.29 is 0 Å². The van der Waals surface area contributed by atoms with Crippen LogP contribution in [-0.2, 0) is 13.0 Å². The van der Waals surface area contributed by atoms with Crippen LogP contribution in [0.2, 0.25) is 0 Å². The molecule has 1 atom stereocenters. The summed E-state index contributed by atoms with van der Waals surface area (Å²) in [7, 11) is 0. The third-order valence-electron chi connectivity index (χ3n) is 3.66. The van der Waals surface area contributed by atoms with Crippen molar-refractivity contribution in [2.24, 2.45) is 5.73 Å². The van der Waals surface area contributed by atoms with Gasteiger partial charge in [-0.3, -0.25) is 0 Å². The highest BCUT2D eigenvalue weighted by Gasteiger charge is 2.15. The predicted molar refractivity (Wildman–Crippen MR) is 91.6 cm³/mol. The fourth-order valence-electron chi connectivity index (χ4n) is 2.64. The van der Waals surface area contributed by atoms with Gasteiger partial charge in [0.25, 0.3) is 0 Å². The van der Waals surface area contributed by atoms with Crippen LogP contribution >= 0.6 is 0 Å². The van der Waals surface area contributed by atoms with E-state index in [9.17, 15) is 0 Å². The fraction of sp³-hybridized carbons (Fsp3) is 0.368. The summed E-state index contributed by atoms with van der Waals surface area (Å²) in [5.41, 5.74) is 9.97. The van der Waals surface area contributed by atoms with Gasteiger partial charge in [0.1, 0.15) is 0 Å². The van der Waals surface area contributed by atoms with Gasteiger partial charge < -0.3 is 10.6 Å². The summed E-state index contributed by atoms with van der Waals surface area (Å²) < 4.78 is 0. The summed E-state index contributed by atoms with van der Waals surface area (Å²) in [5.74, 6) is 0. The lowest BCUT2D eigenvalue weighted by Gasteiger charge is -2.31. The quantitative estimate of drug-likeness (QED) is 0.868. The molecule has 0 aliphatic carbocycles. The first-order valence-electron chi connectivity index (χ1n) is 7.72. The summed E-state index contributed by atoms with van der Waals surface area (Å²) in [6.07, 6.45) is 0.911. The molecule has 2 heteroatoms. The van der Waals surface area contributed by atoms with E-state index >= 15 is 0 Å². The number of hydrogen-bond acceptors (Lipinski definition) is 2. The third-order valence-corrected chi connectivity index (χ3v) is 3.66. The molecule has 0 aromatic heterocycles. The molecule has 0 radical (unpaired) electrons. The van der Waals surface area contributed by atoms with Crippen molar-refractivity contribution in [1.82, 2.24) is 0 Å². The van der Waals surface area contributed by atoms with E-state index in [4.69, 9.17) is 5.73 Å². The summed E-state index contributed by atoms with van der Waals surface area (Å²) in [6, 6.07) is 19.9. The Morgan fingerprint density at radius 3 is 2.14 bits per heavy atom. The number of para-hydroxylation sites is 1. The van der Waals surface area contributed by atoms with Crippen LogP contribution < -0.4 is 10.6 Å². The topological polar surface area (TPSA) is 29.3 Å². The van der Waals surface area contributed by atoms with Crippen molar-refractivity contribution in [3.8, 4) is 0 Å². The van der Waals surface area contributed by atoms with Gasteiger partial charge in [0.15, 0.2) is 0 Å². The second kappa shape index (κ2) is 7.28. The molecule has 0 fully saturated rings. The van der Waals surface area contributed by atoms with E-state index in [1.807, 2.05) is 0 Å². The second-order valence-electron chi connectivity index (χ2n) is 6.02. The largest absolute Gasteiger partial charge is 0.365 e. The number of benzene rings is 2. The van der Waals surface area contributed by atoms with E-state index in [-0.39, 0.29) is 6.04 Å². The monoisotopic (exact) mass is 282 g/mol. The average Bonchev–Trinajstić information content (AvgIpc) is 2.46. The van der Waals surface area contributed by atoms with Gasteiger partial charge in [0, 0.05) is 24.3 Å². The first kappa shape index (κ1) is 15.6. The Balaban J connectivity index is 2.30. The van der Waals surface area contributed by atoms with Crippen molar-refractivity contribution in [2.75, 3.05) is 4.90 Å². The fourth-order valence-corrected chi connectivity index (χ4v) is 2.64. The van der Waals surface area contributed by atoms with Gasteiger partial charge in [0.05, 0.1) is 0 Å². The second-order valence-corrected chi connectivity index (χ2v) is 6.02.